The van der Waals surface area contributed by atoms with Crippen molar-refractivity contribution in [3.63, 3.8) is 0 Å². The molecule has 3 atom stereocenters. The Morgan fingerprint density at radius 2 is 2.14 bits per heavy atom. The molecule has 5 heteroatoms. The van der Waals surface area contributed by atoms with Crippen LogP contribution in [0.1, 0.15) is 23.8 Å². The van der Waals surface area contributed by atoms with Gasteiger partial charge in [0.1, 0.15) is 0 Å². The van der Waals surface area contributed by atoms with Crippen LogP contribution < -0.4 is 5.32 Å². The van der Waals surface area contributed by atoms with E-state index in [1.807, 2.05) is 0 Å². The Morgan fingerprint density at radius 1 is 1.33 bits per heavy atom. The molecule has 0 aromatic carbocycles. The van der Waals surface area contributed by atoms with E-state index in [2.05, 4.69) is 32.6 Å². The quantitative estimate of drug-likeness (QED) is 0.920. The largest absolute Gasteiger partial charge is 0.334 e. The molecule has 1 aromatic rings. The predicted molar refractivity (Wildman–Crippen MR) is 84.3 cm³/mol. The van der Waals surface area contributed by atoms with Crippen molar-refractivity contribution >= 4 is 17.2 Å². The minimum atomic E-state index is 0.332. The van der Waals surface area contributed by atoms with Crippen molar-refractivity contribution in [3.05, 3.63) is 22.4 Å². The summed E-state index contributed by atoms with van der Waals surface area (Å²) in [7, 11) is 0. The summed E-state index contributed by atoms with van der Waals surface area (Å²) in [6, 6.07) is 4.60. The van der Waals surface area contributed by atoms with Gasteiger partial charge in [0, 0.05) is 24.5 Å². The number of fused-ring (bicyclic) bond motifs is 1. The van der Waals surface area contributed by atoms with E-state index in [4.69, 9.17) is 0 Å². The van der Waals surface area contributed by atoms with Crippen LogP contribution in [0, 0.1) is 11.8 Å². The molecule has 4 rings (SSSR count). The van der Waals surface area contributed by atoms with E-state index in [0.29, 0.717) is 18.5 Å². The topological polar surface area (TPSA) is 35.6 Å². The first kappa shape index (κ1) is 13.7. The first-order valence-electron chi connectivity index (χ1n) is 8.07. The zero-order valence-electron chi connectivity index (χ0n) is 12.3. The van der Waals surface area contributed by atoms with Crippen LogP contribution in [0.25, 0.3) is 0 Å². The second kappa shape index (κ2) is 5.71. The first-order valence-corrected chi connectivity index (χ1v) is 8.95. The maximum absolute atomic E-state index is 12.7. The summed E-state index contributed by atoms with van der Waals surface area (Å²) in [6.07, 6.45) is 2.27. The fourth-order valence-electron chi connectivity index (χ4n) is 4.21. The van der Waals surface area contributed by atoms with Gasteiger partial charge in [-0.1, -0.05) is 6.07 Å². The molecule has 3 aliphatic heterocycles. The summed E-state index contributed by atoms with van der Waals surface area (Å²) in [4.78, 5) is 18.6. The normalized spacial score (nSPS) is 32.8. The van der Waals surface area contributed by atoms with E-state index in [9.17, 15) is 4.79 Å². The third kappa shape index (κ3) is 2.62. The van der Waals surface area contributed by atoms with Crippen LogP contribution in [0.5, 0.6) is 0 Å². The number of carbonyl (C=O) groups is 1. The predicted octanol–water partition coefficient (Wildman–Crippen LogP) is 1.56. The molecule has 3 fully saturated rings. The average Bonchev–Trinajstić information content (AvgIpc) is 3.22. The zero-order chi connectivity index (χ0) is 14.2. The van der Waals surface area contributed by atoms with E-state index in [-0.39, 0.29) is 0 Å². The van der Waals surface area contributed by atoms with Gasteiger partial charge in [0.2, 0.25) is 5.91 Å². The highest BCUT2D eigenvalue weighted by molar-refractivity contribution is 7.10. The Labute approximate surface area is 130 Å². The van der Waals surface area contributed by atoms with Gasteiger partial charge < -0.3 is 10.2 Å². The molecule has 0 saturated carbocycles. The van der Waals surface area contributed by atoms with Gasteiger partial charge in [-0.15, -0.1) is 11.3 Å². The van der Waals surface area contributed by atoms with Crippen LogP contribution in [-0.4, -0.2) is 55.0 Å². The molecule has 21 heavy (non-hydrogen) atoms. The van der Waals surface area contributed by atoms with Crippen LogP contribution in [0.3, 0.4) is 0 Å². The number of likely N-dealkylation sites (tertiary alicyclic amines) is 2. The highest BCUT2D eigenvalue weighted by Gasteiger charge is 2.38. The van der Waals surface area contributed by atoms with Gasteiger partial charge in [-0.3, -0.25) is 9.69 Å². The van der Waals surface area contributed by atoms with Crippen molar-refractivity contribution < 1.29 is 4.79 Å². The Balaban J connectivity index is 1.38. The minimum absolute atomic E-state index is 0.332. The number of nitrogens with zero attached hydrogens (tertiary/aromatic N) is 2. The molecule has 3 aliphatic rings. The van der Waals surface area contributed by atoms with Crippen molar-refractivity contribution in [3.8, 4) is 0 Å². The van der Waals surface area contributed by atoms with Gasteiger partial charge in [0.15, 0.2) is 0 Å². The molecule has 1 unspecified atom stereocenters. The van der Waals surface area contributed by atoms with Gasteiger partial charge in [-0.2, -0.15) is 0 Å². The van der Waals surface area contributed by atoms with E-state index >= 15 is 0 Å². The number of amides is 1. The maximum atomic E-state index is 12.7. The van der Waals surface area contributed by atoms with Crippen LogP contribution in [-0.2, 0) is 4.79 Å². The van der Waals surface area contributed by atoms with Crippen LogP contribution in [0.2, 0.25) is 0 Å². The summed E-state index contributed by atoms with van der Waals surface area (Å²) in [5.41, 5.74) is 0. The lowest BCUT2D eigenvalue weighted by atomic mass is 10.0. The van der Waals surface area contributed by atoms with Crippen molar-refractivity contribution in [2.75, 3.05) is 39.3 Å². The lowest BCUT2D eigenvalue weighted by Crippen LogP contribution is -2.40. The minimum Gasteiger partial charge on any atom is -0.334 e. The van der Waals surface area contributed by atoms with Crippen molar-refractivity contribution in [2.24, 2.45) is 11.8 Å². The van der Waals surface area contributed by atoms with Gasteiger partial charge >= 0.3 is 0 Å². The molecule has 4 nitrogen and oxygen atoms in total. The molecule has 4 heterocycles. The Morgan fingerprint density at radius 3 is 2.86 bits per heavy atom. The van der Waals surface area contributed by atoms with Crippen LogP contribution in [0.15, 0.2) is 17.5 Å². The number of thiophene rings is 1. The van der Waals surface area contributed by atoms with E-state index in [0.717, 1.165) is 57.4 Å². The lowest BCUT2D eigenvalue weighted by Gasteiger charge is -2.26. The maximum Gasteiger partial charge on any atom is 0.237 e. The van der Waals surface area contributed by atoms with Gasteiger partial charge in [0.25, 0.3) is 0 Å². The number of rotatable bonds is 3. The summed E-state index contributed by atoms with van der Waals surface area (Å²) in [5, 5.41) is 5.57. The van der Waals surface area contributed by atoms with Crippen molar-refractivity contribution in [2.45, 2.75) is 18.9 Å². The average molecular weight is 305 g/mol. The monoisotopic (exact) mass is 305 g/mol. The van der Waals surface area contributed by atoms with Gasteiger partial charge in [-0.05, 0) is 49.2 Å². The highest BCUT2D eigenvalue weighted by atomic mass is 32.1. The Hall–Kier alpha value is -0.910. The molecule has 3 saturated heterocycles. The number of nitrogens with one attached hydrogen (secondary N) is 1. The summed E-state index contributed by atoms with van der Waals surface area (Å²) in [5.74, 6) is 1.87. The van der Waals surface area contributed by atoms with E-state index < -0.39 is 0 Å². The molecule has 114 valence electrons. The Kier molecular flexibility index (Phi) is 3.73. The fourth-order valence-corrected chi connectivity index (χ4v) is 5.08. The second-order valence-corrected chi connectivity index (χ2v) is 7.61. The first-order chi connectivity index (χ1) is 10.3. The van der Waals surface area contributed by atoms with E-state index in [1.54, 1.807) is 11.3 Å². The van der Waals surface area contributed by atoms with Gasteiger partial charge in [0.05, 0.1) is 12.6 Å². The van der Waals surface area contributed by atoms with E-state index in [1.165, 1.54) is 4.88 Å². The highest BCUT2D eigenvalue weighted by Crippen LogP contribution is 2.35. The van der Waals surface area contributed by atoms with Gasteiger partial charge in [-0.25, -0.2) is 0 Å². The molecular formula is C16H23N3OS. The smallest absolute Gasteiger partial charge is 0.237 e. The SMILES string of the molecule is O=C(CN1C[C@H]2CNC[C@H]2C1)N1CCCC1c1cccs1. The lowest BCUT2D eigenvalue weighted by molar-refractivity contribution is -0.133. The van der Waals surface area contributed by atoms with Crippen molar-refractivity contribution in [1.29, 1.82) is 0 Å². The molecular weight excluding hydrogens is 282 g/mol. The molecule has 1 aromatic heterocycles. The summed E-state index contributed by atoms with van der Waals surface area (Å²) < 4.78 is 0. The number of hydrogen-bond acceptors (Lipinski definition) is 4. The molecule has 0 radical (unpaired) electrons. The zero-order valence-corrected chi connectivity index (χ0v) is 13.1. The number of carbonyl (C=O) groups excluding carboxylic acids is 1. The third-order valence-corrected chi connectivity index (χ3v) is 6.24. The third-order valence-electron chi connectivity index (χ3n) is 5.27. The second-order valence-electron chi connectivity index (χ2n) is 6.63. The number of hydrogen-bond donors (Lipinski definition) is 1. The summed E-state index contributed by atoms with van der Waals surface area (Å²) in [6.45, 7) is 6.02. The summed E-state index contributed by atoms with van der Waals surface area (Å²) >= 11 is 1.78. The molecule has 0 spiro atoms. The standard InChI is InChI=1S/C16H23N3OS/c20-16(11-18-9-12-7-17-8-13(12)10-18)19-5-1-3-14(19)15-4-2-6-21-15/h2,4,6,12-14,17H,1,3,5,7-11H2/t12-,13+,14?. The molecule has 0 bridgehead atoms. The fraction of sp³-hybridized carbons (Fsp3) is 0.688. The van der Waals surface area contributed by atoms with Crippen LogP contribution in [0.4, 0.5) is 0 Å². The van der Waals surface area contributed by atoms with Crippen molar-refractivity contribution in [1.82, 2.24) is 15.1 Å². The molecule has 0 aliphatic carbocycles. The molecule has 1 N–H and O–H groups in total. The Bertz CT molecular complexity index is 492. The van der Waals surface area contributed by atoms with Crippen LogP contribution >= 0.6 is 11.3 Å². The molecule has 1 amide bonds.